The summed E-state index contributed by atoms with van der Waals surface area (Å²) in [5.41, 5.74) is 2.69. The van der Waals surface area contributed by atoms with Gasteiger partial charge in [0.25, 0.3) is 0 Å². The monoisotopic (exact) mass is 358 g/mol. The first kappa shape index (κ1) is 18.1. The number of rotatable bonds is 4. The molecule has 1 aliphatic heterocycles. The Balaban J connectivity index is 1.67. The molecule has 2 heterocycles. The fourth-order valence-corrected chi connectivity index (χ4v) is 3.52. The van der Waals surface area contributed by atoms with Crippen molar-refractivity contribution in [3.05, 3.63) is 42.0 Å². The van der Waals surface area contributed by atoms with Crippen LogP contribution in [-0.2, 0) is 9.59 Å². The van der Waals surface area contributed by atoms with E-state index >= 15 is 0 Å². The second kappa shape index (κ2) is 7.68. The largest absolute Gasteiger partial charge is 0.345 e. The number of halogens is 1. The molecular formula is C19H23FN4O2. The highest BCUT2D eigenvalue weighted by Gasteiger charge is 2.29. The Morgan fingerprint density at radius 2 is 2.08 bits per heavy atom. The summed E-state index contributed by atoms with van der Waals surface area (Å²) >= 11 is 0. The first-order valence-electron chi connectivity index (χ1n) is 8.81. The molecule has 2 aromatic rings. The van der Waals surface area contributed by atoms with Gasteiger partial charge in [0.15, 0.2) is 0 Å². The Bertz CT molecular complexity index is 796. The molecular weight excluding hydrogens is 335 g/mol. The average molecular weight is 358 g/mol. The van der Waals surface area contributed by atoms with Crippen molar-refractivity contribution in [2.45, 2.75) is 38.6 Å². The normalized spacial score (nSPS) is 16.3. The number of hydrogen-bond donors (Lipinski definition) is 2. The molecule has 1 aliphatic rings. The topological polar surface area (TPSA) is 78.1 Å². The number of piperidine rings is 1. The van der Waals surface area contributed by atoms with Crippen molar-refractivity contribution in [2.24, 2.45) is 0 Å². The molecule has 0 radical (unpaired) electrons. The zero-order chi connectivity index (χ0) is 18.7. The number of likely N-dealkylation sites (tertiary alicyclic amines) is 1. The van der Waals surface area contributed by atoms with Crippen LogP contribution in [0.25, 0.3) is 11.1 Å². The van der Waals surface area contributed by atoms with Crippen molar-refractivity contribution in [2.75, 3.05) is 13.1 Å². The third kappa shape index (κ3) is 3.92. The predicted molar refractivity (Wildman–Crippen MR) is 95.8 cm³/mol. The number of hydrogen-bond acceptors (Lipinski definition) is 3. The first-order valence-corrected chi connectivity index (χ1v) is 8.81. The van der Waals surface area contributed by atoms with Crippen LogP contribution in [0.15, 0.2) is 30.5 Å². The van der Waals surface area contributed by atoms with E-state index in [1.165, 1.54) is 19.1 Å². The maximum atomic E-state index is 13.5. The molecule has 0 aliphatic carbocycles. The van der Waals surface area contributed by atoms with Crippen LogP contribution < -0.4 is 5.32 Å². The third-order valence-corrected chi connectivity index (χ3v) is 4.81. The van der Waals surface area contributed by atoms with Gasteiger partial charge in [0, 0.05) is 37.2 Å². The highest BCUT2D eigenvalue weighted by atomic mass is 19.1. The molecule has 0 unspecified atom stereocenters. The molecule has 3 rings (SSSR count). The first-order chi connectivity index (χ1) is 12.5. The fourth-order valence-electron chi connectivity index (χ4n) is 3.52. The molecule has 1 aromatic heterocycles. The van der Waals surface area contributed by atoms with E-state index in [9.17, 15) is 14.0 Å². The summed E-state index contributed by atoms with van der Waals surface area (Å²) in [5.74, 6) is -0.315. The molecule has 26 heavy (non-hydrogen) atoms. The predicted octanol–water partition coefficient (Wildman–Crippen LogP) is 2.45. The number of nitrogens with one attached hydrogen (secondary N) is 2. The van der Waals surface area contributed by atoms with E-state index in [1.54, 1.807) is 24.1 Å². The minimum Gasteiger partial charge on any atom is -0.345 e. The van der Waals surface area contributed by atoms with E-state index in [0.717, 1.165) is 29.7 Å². The standard InChI is InChI=1S/C19H23FN4O2/c1-12(22-13(2)25)19(26)24-8-6-14(7-9-24)18-17(11-21-23-18)15-4-3-5-16(20)10-15/h3-5,10-12,14H,6-9H2,1-2H3,(H,21,23)(H,22,25)/t12-/m1/s1. The molecule has 1 fully saturated rings. The summed E-state index contributed by atoms with van der Waals surface area (Å²) in [6.07, 6.45) is 3.31. The summed E-state index contributed by atoms with van der Waals surface area (Å²) in [5, 5.41) is 9.83. The smallest absolute Gasteiger partial charge is 0.244 e. The van der Waals surface area contributed by atoms with E-state index in [1.807, 2.05) is 6.07 Å². The number of carbonyl (C=O) groups is 2. The quantitative estimate of drug-likeness (QED) is 0.881. The summed E-state index contributed by atoms with van der Waals surface area (Å²) in [6, 6.07) is 5.96. The van der Waals surface area contributed by atoms with Crippen molar-refractivity contribution in [3.63, 3.8) is 0 Å². The SMILES string of the molecule is CC(=O)N[C@H](C)C(=O)N1CCC(c2[nH]ncc2-c2cccc(F)c2)CC1. The number of amides is 2. The second-order valence-corrected chi connectivity index (χ2v) is 6.73. The molecule has 138 valence electrons. The van der Waals surface area contributed by atoms with Gasteiger partial charge in [-0.1, -0.05) is 12.1 Å². The van der Waals surface area contributed by atoms with Crippen LogP contribution in [0.2, 0.25) is 0 Å². The molecule has 1 aromatic carbocycles. The van der Waals surface area contributed by atoms with Crippen LogP contribution in [0.4, 0.5) is 4.39 Å². The minimum absolute atomic E-state index is 0.0615. The zero-order valence-corrected chi connectivity index (χ0v) is 15.0. The molecule has 2 N–H and O–H groups in total. The molecule has 6 nitrogen and oxygen atoms in total. The maximum Gasteiger partial charge on any atom is 0.244 e. The lowest BCUT2D eigenvalue weighted by atomic mass is 9.89. The van der Waals surface area contributed by atoms with Gasteiger partial charge in [0.1, 0.15) is 11.9 Å². The Kier molecular flexibility index (Phi) is 5.35. The van der Waals surface area contributed by atoms with Gasteiger partial charge >= 0.3 is 0 Å². The molecule has 0 bridgehead atoms. The summed E-state index contributed by atoms with van der Waals surface area (Å²) in [4.78, 5) is 25.3. The van der Waals surface area contributed by atoms with Crippen molar-refractivity contribution >= 4 is 11.8 Å². The van der Waals surface area contributed by atoms with Crippen molar-refractivity contribution in [1.29, 1.82) is 0 Å². The Morgan fingerprint density at radius 1 is 1.35 bits per heavy atom. The molecule has 2 amide bonds. The number of carbonyl (C=O) groups excluding carboxylic acids is 2. The van der Waals surface area contributed by atoms with E-state index in [0.29, 0.717) is 13.1 Å². The van der Waals surface area contributed by atoms with E-state index in [-0.39, 0.29) is 23.5 Å². The Morgan fingerprint density at radius 3 is 2.73 bits per heavy atom. The lowest BCUT2D eigenvalue weighted by Crippen LogP contribution is -2.48. The lowest BCUT2D eigenvalue weighted by molar-refractivity contribution is -0.136. The summed E-state index contributed by atoms with van der Waals surface area (Å²) in [7, 11) is 0. The maximum absolute atomic E-state index is 13.5. The van der Waals surface area contributed by atoms with E-state index < -0.39 is 6.04 Å². The van der Waals surface area contributed by atoms with Crippen molar-refractivity contribution < 1.29 is 14.0 Å². The van der Waals surface area contributed by atoms with E-state index in [4.69, 9.17) is 0 Å². The van der Waals surface area contributed by atoms with Crippen molar-refractivity contribution in [3.8, 4) is 11.1 Å². The van der Waals surface area contributed by atoms with Gasteiger partial charge in [0.2, 0.25) is 11.8 Å². The highest BCUT2D eigenvalue weighted by molar-refractivity contribution is 5.86. The second-order valence-electron chi connectivity index (χ2n) is 6.73. The van der Waals surface area contributed by atoms with Crippen molar-refractivity contribution in [1.82, 2.24) is 20.4 Å². The van der Waals surface area contributed by atoms with Crippen LogP contribution in [0.5, 0.6) is 0 Å². The van der Waals surface area contributed by atoms with E-state index in [2.05, 4.69) is 15.5 Å². The Hall–Kier alpha value is -2.70. The van der Waals surface area contributed by atoms with Crippen LogP contribution in [-0.4, -0.2) is 46.0 Å². The van der Waals surface area contributed by atoms with Gasteiger partial charge in [-0.3, -0.25) is 14.7 Å². The number of H-pyrrole nitrogens is 1. The van der Waals surface area contributed by atoms with Gasteiger partial charge < -0.3 is 10.2 Å². The summed E-state index contributed by atoms with van der Waals surface area (Å²) in [6.45, 7) is 4.35. The summed E-state index contributed by atoms with van der Waals surface area (Å²) < 4.78 is 13.5. The highest BCUT2D eigenvalue weighted by Crippen LogP contribution is 2.34. The zero-order valence-electron chi connectivity index (χ0n) is 15.0. The van der Waals surface area contributed by atoms with Gasteiger partial charge in [-0.05, 0) is 37.5 Å². The molecule has 1 atom stereocenters. The molecule has 7 heteroatoms. The van der Waals surface area contributed by atoms with Crippen LogP contribution >= 0.6 is 0 Å². The minimum atomic E-state index is -0.515. The Labute approximate surface area is 151 Å². The number of aromatic nitrogens is 2. The molecule has 0 saturated carbocycles. The fraction of sp³-hybridized carbons (Fsp3) is 0.421. The number of benzene rings is 1. The van der Waals surface area contributed by atoms with Crippen LogP contribution in [0, 0.1) is 5.82 Å². The van der Waals surface area contributed by atoms with Gasteiger partial charge in [-0.2, -0.15) is 5.10 Å². The van der Waals surface area contributed by atoms with Crippen LogP contribution in [0.3, 0.4) is 0 Å². The average Bonchev–Trinajstić information content (AvgIpc) is 3.10. The third-order valence-electron chi connectivity index (χ3n) is 4.81. The number of aromatic amines is 1. The van der Waals surface area contributed by atoms with Gasteiger partial charge in [-0.25, -0.2) is 4.39 Å². The molecule has 0 spiro atoms. The molecule has 1 saturated heterocycles. The van der Waals surface area contributed by atoms with Gasteiger partial charge in [0.05, 0.1) is 6.20 Å². The lowest BCUT2D eigenvalue weighted by Gasteiger charge is -2.33. The number of nitrogens with zero attached hydrogens (tertiary/aromatic N) is 2. The van der Waals surface area contributed by atoms with Crippen LogP contribution in [0.1, 0.15) is 38.3 Å². The van der Waals surface area contributed by atoms with Gasteiger partial charge in [-0.15, -0.1) is 0 Å².